The van der Waals surface area contributed by atoms with E-state index in [1.807, 2.05) is 19.1 Å². The number of aromatic nitrogens is 4. The molecule has 0 unspecified atom stereocenters. The summed E-state index contributed by atoms with van der Waals surface area (Å²) in [5.41, 5.74) is 6.60. The number of hydrogen-bond donors (Lipinski definition) is 1. The first-order chi connectivity index (χ1) is 6.81. The quantitative estimate of drug-likeness (QED) is 0.758. The number of anilines is 1. The van der Waals surface area contributed by atoms with Gasteiger partial charge in [0.05, 0.1) is 5.69 Å². The fourth-order valence-corrected chi connectivity index (χ4v) is 1.19. The Bertz CT molecular complexity index is 420. The Morgan fingerprint density at radius 2 is 2.07 bits per heavy atom. The highest BCUT2D eigenvalue weighted by Crippen LogP contribution is 2.09. The summed E-state index contributed by atoms with van der Waals surface area (Å²) in [5.74, 6) is 1.16. The number of nitrogens with zero attached hydrogens (tertiary/aromatic N) is 4. The first kappa shape index (κ1) is 8.68. The molecule has 14 heavy (non-hydrogen) atoms. The minimum Gasteiger partial charge on any atom is -0.368 e. The molecule has 2 aromatic heterocycles. The molecule has 0 aliphatic heterocycles. The minimum absolute atomic E-state index is 0.410. The maximum atomic E-state index is 5.72. The number of hydrogen-bond acceptors (Lipinski definition) is 4. The van der Waals surface area contributed by atoms with E-state index in [1.165, 1.54) is 0 Å². The zero-order valence-electron chi connectivity index (χ0n) is 7.88. The number of rotatable bonds is 2. The molecule has 0 fully saturated rings. The maximum Gasteiger partial charge on any atom is 0.223 e. The highest BCUT2D eigenvalue weighted by Gasteiger charge is 2.06. The highest BCUT2D eigenvalue weighted by atomic mass is 15.4. The molecular formula is C9H11N5. The van der Waals surface area contributed by atoms with Crippen molar-refractivity contribution in [2.24, 2.45) is 0 Å². The van der Waals surface area contributed by atoms with Crippen LogP contribution in [0, 0.1) is 0 Å². The SMILES string of the molecule is CCc1nc(N)n(-c2ccncc2)n1. The molecule has 5 nitrogen and oxygen atoms in total. The van der Waals surface area contributed by atoms with Gasteiger partial charge < -0.3 is 5.73 Å². The van der Waals surface area contributed by atoms with E-state index in [0.717, 1.165) is 17.9 Å². The topological polar surface area (TPSA) is 69.6 Å². The van der Waals surface area contributed by atoms with Crippen LogP contribution in [0.2, 0.25) is 0 Å². The average molecular weight is 189 g/mol. The van der Waals surface area contributed by atoms with Crippen molar-refractivity contribution in [1.29, 1.82) is 0 Å². The smallest absolute Gasteiger partial charge is 0.223 e. The van der Waals surface area contributed by atoms with Crippen LogP contribution in [0.15, 0.2) is 24.5 Å². The van der Waals surface area contributed by atoms with Crippen molar-refractivity contribution in [2.75, 3.05) is 5.73 Å². The van der Waals surface area contributed by atoms with Crippen molar-refractivity contribution in [3.05, 3.63) is 30.4 Å². The Hall–Kier alpha value is -1.91. The first-order valence-electron chi connectivity index (χ1n) is 4.43. The predicted octanol–water partition coefficient (Wildman–Crippen LogP) is 0.807. The Morgan fingerprint density at radius 3 is 2.64 bits per heavy atom. The van der Waals surface area contributed by atoms with E-state index in [-0.39, 0.29) is 0 Å². The van der Waals surface area contributed by atoms with Gasteiger partial charge in [-0.2, -0.15) is 9.67 Å². The van der Waals surface area contributed by atoms with Crippen LogP contribution in [0.25, 0.3) is 5.69 Å². The van der Waals surface area contributed by atoms with E-state index in [9.17, 15) is 0 Å². The molecular weight excluding hydrogens is 178 g/mol. The lowest BCUT2D eigenvalue weighted by molar-refractivity contribution is 0.844. The normalized spacial score (nSPS) is 10.4. The molecule has 0 aromatic carbocycles. The monoisotopic (exact) mass is 189 g/mol. The van der Waals surface area contributed by atoms with E-state index >= 15 is 0 Å². The fraction of sp³-hybridized carbons (Fsp3) is 0.222. The predicted molar refractivity (Wildman–Crippen MR) is 52.9 cm³/mol. The number of nitrogens with two attached hydrogens (primary N) is 1. The van der Waals surface area contributed by atoms with Crippen LogP contribution in [-0.2, 0) is 6.42 Å². The molecule has 0 saturated heterocycles. The van der Waals surface area contributed by atoms with E-state index in [4.69, 9.17) is 5.73 Å². The van der Waals surface area contributed by atoms with Gasteiger partial charge in [0.1, 0.15) is 0 Å². The molecule has 72 valence electrons. The molecule has 2 heterocycles. The third kappa shape index (κ3) is 1.44. The molecule has 0 radical (unpaired) electrons. The van der Waals surface area contributed by atoms with Gasteiger partial charge in [-0.15, -0.1) is 5.10 Å². The zero-order valence-corrected chi connectivity index (χ0v) is 7.88. The summed E-state index contributed by atoms with van der Waals surface area (Å²) in [6, 6.07) is 3.68. The number of nitrogen functional groups attached to an aromatic ring is 1. The molecule has 0 bridgehead atoms. The number of aryl methyl sites for hydroxylation is 1. The van der Waals surface area contributed by atoms with E-state index in [1.54, 1.807) is 17.1 Å². The summed E-state index contributed by atoms with van der Waals surface area (Å²) in [4.78, 5) is 8.04. The van der Waals surface area contributed by atoms with Crippen molar-refractivity contribution in [3.63, 3.8) is 0 Å². The summed E-state index contributed by atoms with van der Waals surface area (Å²) in [6.07, 6.45) is 4.17. The molecule has 2 N–H and O–H groups in total. The fourth-order valence-electron chi connectivity index (χ4n) is 1.19. The molecule has 0 saturated carbocycles. The second kappa shape index (κ2) is 3.45. The van der Waals surface area contributed by atoms with Crippen LogP contribution in [0.4, 0.5) is 5.95 Å². The van der Waals surface area contributed by atoms with Crippen LogP contribution in [0.3, 0.4) is 0 Å². The Labute approximate surface area is 81.6 Å². The maximum absolute atomic E-state index is 5.72. The van der Waals surface area contributed by atoms with E-state index < -0.39 is 0 Å². The van der Waals surface area contributed by atoms with Crippen LogP contribution in [0.1, 0.15) is 12.7 Å². The van der Waals surface area contributed by atoms with Gasteiger partial charge in [0, 0.05) is 18.8 Å². The van der Waals surface area contributed by atoms with Crippen molar-refractivity contribution in [2.45, 2.75) is 13.3 Å². The van der Waals surface area contributed by atoms with Gasteiger partial charge in [0.25, 0.3) is 0 Å². The Balaban J connectivity index is 2.46. The molecule has 2 aromatic rings. The third-order valence-corrected chi connectivity index (χ3v) is 1.90. The lowest BCUT2D eigenvalue weighted by Crippen LogP contribution is -2.02. The average Bonchev–Trinajstić information content (AvgIpc) is 2.61. The van der Waals surface area contributed by atoms with Gasteiger partial charge in [-0.25, -0.2) is 0 Å². The van der Waals surface area contributed by atoms with Gasteiger partial charge >= 0.3 is 0 Å². The van der Waals surface area contributed by atoms with Gasteiger partial charge in [-0.3, -0.25) is 4.98 Å². The lowest BCUT2D eigenvalue weighted by Gasteiger charge is -1.99. The van der Waals surface area contributed by atoms with Crippen molar-refractivity contribution in [3.8, 4) is 5.69 Å². The molecule has 0 spiro atoms. The van der Waals surface area contributed by atoms with Crippen molar-refractivity contribution >= 4 is 5.95 Å². The van der Waals surface area contributed by atoms with Crippen molar-refractivity contribution < 1.29 is 0 Å². The molecule has 0 aliphatic rings. The standard InChI is InChI=1S/C9H11N5/c1-2-8-12-9(10)14(13-8)7-3-5-11-6-4-7/h3-6H,2H2,1H3,(H2,10,12,13). The second-order valence-electron chi connectivity index (χ2n) is 2.86. The first-order valence-corrected chi connectivity index (χ1v) is 4.43. The Kier molecular flexibility index (Phi) is 2.14. The van der Waals surface area contributed by atoms with Crippen LogP contribution in [0.5, 0.6) is 0 Å². The van der Waals surface area contributed by atoms with Crippen molar-refractivity contribution in [1.82, 2.24) is 19.7 Å². The molecule has 5 heteroatoms. The van der Waals surface area contributed by atoms with Crippen LogP contribution >= 0.6 is 0 Å². The Morgan fingerprint density at radius 1 is 1.36 bits per heavy atom. The summed E-state index contributed by atoms with van der Waals surface area (Å²) >= 11 is 0. The zero-order chi connectivity index (χ0) is 9.97. The second-order valence-corrected chi connectivity index (χ2v) is 2.86. The van der Waals surface area contributed by atoms with Crippen LogP contribution < -0.4 is 5.73 Å². The summed E-state index contributed by atoms with van der Waals surface area (Å²) in [7, 11) is 0. The van der Waals surface area contributed by atoms with Gasteiger partial charge in [0.2, 0.25) is 5.95 Å². The summed E-state index contributed by atoms with van der Waals surface area (Å²) in [6.45, 7) is 1.99. The molecule has 2 rings (SSSR count). The van der Waals surface area contributed by atoms with Crippen LogP contribution in [-0.4, -0.2) is 19.7 Å². The molecule has 0 aliphatic carbocycles. The summed E-state index contributed by atoms with van der Waals surface area (Å²) in [5, 5.41) is 4.25. The lowest BCUT2D eigenvalue weighted by atomic mass is 10.4. The van der Waals surface area contributed by atoms with Gasteiger partial charge in [0.15, 0.2) is 5.82 Å². The minimum atomic E-state index is 0.410. The molecule has 0 amide bonds. The molecule has 0 atom stereocenters. The van der Waals surface area contributed by atoms with Gasteiger partial charge in [-0.05, 0) is 12.1 Å². The van der Waals surface area contributed by atoms with E-state index in [2.05, 4.69) is 15.1 Å². The van der Waals surface area contributed by atoms with Gasteiger partial charge in [-0.1, -0.05) is 6.92 Å². The summed E-state index contributed by atoms with van der Waals surface area (Å²) < 4.78 is 1.61. The third-order valence-electron chi connectivity index (χ3n) is 1.90. The largest absolute Gasteiger partial charge is 0.368 e. The van der Waals surface area contributed by atoms with E-state index in [0.29, 0.717) is 5.95 Å². The highest BCUT2D eigenvalue weighted by molar-refractivity contribution is 5.35. The number of pyridine rings is 1.